The Labute approximate surface area is 92.0 Å². The van der Waals surface area contributed by atoms with Crippen molar-refractivity contribution in [3.05, 3.63) is 0 Å². The van der Waals surface area contributed by atoms with Gasteiger partial charge in [-0.1, -0.05) is 19.8 Å². The van der Waals surface area contributed by atoms with Gasteiger partial charge in [-0.3, -0.25) is 4.79 Å². The first-order valence-corrected chi connectivity index (χ1v) is 6.18. The van der Waals surface area contributed by atoms with E-state index in [-0.39, 0.29) is 5.41 Å². The van der Waals surface area contributed by atoms with E-state index in [0.29, 0.717) is 18.5 Å². The summed E-state index contributed by atoms with van der Waals surface area (Å²) in [5.41, 5.74) is 5.64. The van der Waals surface area contributed by atoms with Gasteiger partial charge in [-0.05, 0) is 25.7 Å². The molecule has 15 heavy (non-hydrogen) atoms. The molecule has 0 radical (unpaired) electrons. The number of hydrogen-bond acceptors (Lipinski definition) is 2. The fourth-order valence-electron chi connectivity index (χ4n) is 3.06. The quantitative estimate of drug-likeness (QED) is 0.751. The third-order valence-electron chi connectivity index (χ3n) is 4.13. The molecule has 0 aromatic rings. The van der Waals surface area contributed by atoms with Gasteiger partial charge in [0.1, 0.15) is 0 Å². The van der Waals surface area contributed by atoms with Crippen molar-refractivity contribution in [3.8, 4) is 0 Å². The maximum atomic E-state index is 12.4. The van der Waals surface area contributed by atoms with Gasteiger partial charge in [-0.25, -0.2) is 0 Å². The molecule has 3 nitrogen and oxygen atoms in total. The van der Waals surface area contributed by atoms with Gasteiger partial charge in [-0.15, -0.1) is 0 Å². The largest absolute Gasteiger partial charge is 0.338 e. The van der Waals surface area contributed by atoms with E-state index in [1.54, 1.807) is 0 Å². The van der Waals surface area contributed by atoms with Gasteiger partial charge in [-0.2, -0.15) is 0 Å². The smallest absolute Gasteiger partial charge is 0.228 e. The molecule has 2 N–H and O–H groups in total. The number of nitrogens with two attached hydrogens (primary N) is 1. The molecular formula is C12H22N2O. The van der Waals surface area contributed by atoms with Gasteiger partial charge < -0.3 is 10.6 Å². The molecule has 0 bridgehead atoms. The highest BCUT2D eigenvalue weighted by Gasteiger charge is 2.41. The second kappa shape index (κ2) is 4.12. The maximum Gasteiger partial charge on any atom is 0.228 e. The summed E-state index contributed by atoms with van der Waals surface area (Å²) in [6.45, 7) is 3.69. The van der Waals surface area contributed by atoms with Crippen molar-refractivity contribution in [1.29, 1.82) is 0 Å². The van der Waals surface area contributed by atoms with Crippen molar-refractivity contribution in [2.24, 2.45) is 11.1 Å². The van der Waals surface area contributed by atoms with Crippen molar-refractivity contribution >= 4 is 5.91 Å². The molecule has 1 heterocycles. The SMILES string of the molecule is CC1(C(=O)N2CCCC2CN)CCCC1. The van der Waals surface area contributed by atoms with Crippen LogP contribution in [0.15, 0.2) is 0 Å². The average molecular weight is 210 g/mol. The maximum absolute atomic E-state index is 12.4. The van der Waals surface area contributed by atoms with Gasteiger partial charge >= 0.3 is 0 Å². The van der Waals surface area contributed by atoms with Gasteiger partial charge in [0.25, 0.3) is 0 Å². The number of hydrogen-bond donors (Lipinski definition) is 1. The molecule has 3 heteroatoms. The molecule has 1 amide bonds. The zero-order valence-electron chi connectivity index (χ0n) is 9.67. The summed E-state index contributed by atoms with van der Waals surface area (Å²) in [7, 11) is 0. The van der Waals surface area contributed by atoms with Crippen LogP contribution in [0.25, 0.3) is 0 Å². The molecular weight excluding hydrogens is 188 g/mol. The van der Waals surface area contributed by atoms with Crippen molar-refractivity contribution in [1.82, 2.24) is 4.90 Å². The van der Waals surface area contributed by atoms with Crippen LogP contribution < -0.4 is 5.73 Å². The van der Waals surface area contributed by atoms with Gasteiger partial charge in [0, 0.05) is 24.5 Å². The molecule has 1 atom stereocenters. The Balaban J connectivity index is 2.06. The lowest BCUT2D eigenvalue weighted by Crippen LogP contribution is -2.46. The monoisotopic (exact) mass is 210 g/mol. The first kappa shape index (κ1) is 10.9. The molecule has 1 saturated carbocycles. The third kappa shape index (κ3) is 1.89. The van der Waals surface area contributed by atoms with E-state index >= 15 is 0 Å². The molecule has 0 aromatic heterocycles. The molecule has 1 aliphatic carbocycles. The summed E-state index contributed by atoms with van der Waals surface area (Å²) in [6, 6.07) is 0.315. The van der Waals surface area contributed by atoms with Gasteiger partial charge in [0.15, 0.2) is 0 Å². The Morgan fingerprint density at radius 3 is 2.67 bits per heavy atom. The van der Waals surface area contributed by atoms with Crippen LogP contribution in [0.5, 0.6) is 0 Å². The average Bonchev–Trinajstić information content (AvgIpc) is 2.85. The Hall–Kier alpha value is -0.570. The molecule has 2 aliphatic rings. The van der Waals surface area contributed by atoms with E-state index < -0.39 is 0 Å². The van der Waals surface area contributed by atoms with E-state index in [4.69, 9.17) is 5.73 Å². The van der Waals surface area contributed by atoms with Gasteiger partial charge in [0.05, 0.1) is 0 Å². The van der Waals surface area contributed by atoms with Crippen LogP contribution in [-0.4, -0.2) is 29.9 Å². The number of amides is 1. The van der Waals surface area contributed by atoms with Crippen LogP contribution in [0.3, 0.4) is 0 Å². The zero-order chi connectivity index (χ0) is 10.9. The summed E-state index contributed by atoms with van der Waals surface area (Å²) < 4.78 is 0. The van der Waals surface area contributed by atoms with Crippen LogP contribution in [0.4, 0.5) is 0 Å². The lowest BCUT2D eigenvalue weighted by molar-refractivity contribution is -0.141. The molecule has 1 unspecified atom stereocenters. The molecule has 2 rings (SSSR count). The first-order chi connectivity index (χ1) is 7.17. The van der Waals surface area contributed by atoms with E-state index in [2.05, 4.69) is 6.92 Å². The third-order valence-corrected chi connectivity index (χ3v) is 4.13. The lowest BCUT2D eigenvalue weighted by atomic mass is 9.87. The summed E-state index contributed by atoms with van der Waals surface area (Å²) in [5, 5.41) is 0. The summed E-state index contributed by atoms with van der Waals surface area (Å²) >= 11 is 0. The minimum Gasteiger partial charge on any atom is -0.338 e. The number of rotatable bonds is 2. The molecule has 0 aromatic carbocycles. The van der Waals surface area contributed by atoms with Crippen molar-refractivity contribution < 1.29 is 4.79 Å². The van der Waals surface area contributed by atoms with Crippen LogP contribution >= 0.6 is 0 Å². The molecule has 1 saturated heterocycles. The minimum absolute atomic E-state index is 0.0717. The van der Waals surface area contributed by atoms with Gasteiger partial charge in [0.2, 0.25) is 5.91 Å². The van der Waals surface area contributed by atoms with Crippen molar-refractivity contribution in [3.63, 3.8) is 0 Å². The standard InChI is InChI=1S/C12H22N2O/c1-12(6-2-3-7-12)11(15)14-8-4-5-10(14)9-13/h10H,2-9,13H2,1H3. The predicted molar refractivity (Wildman–Crippen MR) is 60.4 cm³/mol. The minimum atomic E-state index is -0.0717. The number of nitrogens with zero attached hydrogens (tertiary/aromatic N) is 1. The van der Waals surface area contributed by atoms with E-state index in [1.807, 2.05) is 4.90 Å². The first-order valence-electron chi connectivity index (χ1n) is 6.18. The Morgan fingerprint density at radius 1 is 1.40 bits per heavy atom. The van der Waals surface area contributed by atoms with E-state index in [1.165, 1.54) is 12.8 Å². The normalized spacial score (nSPS) is 29.7. The number of carbonyl (C=O) groups excluding carboxylic acids is 1. The highest BCUT2D eigenvalue weighted by Crippen LogP contribution is 2.40. The van der Waals surface area contributed by atoms with E-state index in [9.17, 15) is 4.79 Å². The lowest BCUT2D eigenvalue weighted by Gasteiger charge is -2.32. The molecule has 0 spiro atoms. The van der Waals surface area contributed by atoms with E-state index in [0.717, 1.165) is 32.2 Å². The van der Waals surface area contributed by atoms with Crippen LogP contribution in [0.1, 0.15) is 45.4 Å². The Morgan fingerprint density at radius 2 is 2.07 bits per heavy atom. The van der Waals surface area contributed by atoms with Crippen LogP contribution in [0, 0.1) is 5.41 Å². The molecule has 2 fully saturated rings. The predicted octanol–water partition coefficient (Wildman–Crippen LogP) is 1.52. The number of carbonyl (C=O) groups is 1. The fraction of sp³-hybridized carbons (Fsp3) is 0.917. The summed E-state index contributed by atoms with van der Waals surface area (Å²) in [4.78, 5) is 14.5. The Kier molecular flexibility index (Phi) is 3.01. The summed E-state index contributed by atoms with van der Waals surface area (Å²) in [6.07, 6.45) is 6.79. The summed E-state index contributed by atoms with van der Waals surface area (Å²) in [5.74, 6) is 0.368. The molecule has 86 valence electrons. The highest BCUT2D eigenvalue weighted by molar-refractivity contribution is 5.83. The fourth-order valence-corrected chi connectivity index (χ4v) is 3.06. The highest BCUT2D eigenvalue weighted by atomic mass is 16.2. The van der Waals surface area contributed by atoms with Crippen LogP contribution in [-0.2, 0) is 4.79 Å². The number of likely N-dealkylation sites (tertiary alicyclic amines) is 1. The van der Waals surface area contributed by atoms with Crippen LogP contribution in [0.2, 0.25) is 0 Å². The second-order valence-corrected chi connectivity index (χ2v) is 5.30. The molecule has 1 aliphatic heterocycles. The second-order valence-electron chi connectivity index (χ2n) is 5.30. The topological polar surface area (TPSA) is 46.3 Å². The van der Waals surface area contributed by atoms with Crippen molar-refractivity contribution in [2.75, 3.05) is 13.1 Å². The zero-order valence-corrected chi connectivity index (χ0v) is 9.67. The Bertz CT molecular complexity index is 246. The van der Waals surface area contributed by atoms with Crippen molar-refractivity contribution in [2.45, 2.75) is 51.5 Å².